The standard InChI is InChI=1S/C26H22ClNO5/c1-32-15-14-28-23(18-6-5-9-21(16-18)33-20-7-3-2-4-8-20)22(25(30)26(28)31)24(29)17-10-12-19(27)13-11-17/h2-13,16,23,29H,14-15H2,1H3/b24-22+/t23-/m0/s1. The molecule has 1 aliphatic rings. The van der Waals surface area contributed by atoms with E-state index in [1.165, 1.54) is 12.0 Å². The summed E-state index contributed by atoms with van der Waals surface area (Å²) in [5, 5.41) is 11.5. The van der Waals surface area contributed by atoms with Crippen molar-refractivity contribution in [3.63, 3.8) is 0 Å². The number of likely N-dealkylation sites (tertiary alicyclic amines) is 1. The van der Waals surface area contributed by atoms with Crippen LogP contribution in [0.2, 0.25) is 5.02 Å². The molecule has 33 heavy (non-hydrogen) atoms. The van der Waals surface area contributed by atoms with Gasteiger partial charge in [0.25, 0.3) is 11.7 Å². The lowest BCUT2D eigenvalue weighted by Gasteiger charge is -2.25. The molecule has 7 heteroatoms. The second kappa shape index (κ2) is 9.90. The molecule has 1 aliphatic heterocycles. The van der Waals surface area contributed by atoms with Crippen molar-refractivity contribution >= 4 is 29.1 Å². The van der Waals surface area contributed by atoms with Crippen LogP contribution in [0.4, 0.5) is 0 Å². The van der Waals surface area contributed by atoms with Crippen molar-refractivity contribution < 1.29 is 24.2 Å². The van der Waals surface area contributed by atoms with E-state index in [-0.39, 0.29) is 24.5 Å². The Labute approximate surface area is 196 Å². The molecule has 0 aromatic heterocycles. The van der Waals surface area contributed by atoms with E-state index in [0.29, 0.717) is 27.6 Å². The lowest BCUT2D eigenvalue weighted by Crippen LogP contribution is -2.32. The van der Waals surface area contributed by atoms with Gasteiger partial charge in [-0.15, -0.1) is 0 Å². The van der Waals surface area contributed by atoms with E-state index in [1.807, 2.05) is 30.3 Å². The number of hydrogen-bond donors (Lipinski definition) is 1. The Bertz CT molecular complexity index is 1190. The smallest absolute Gasteiger partial charge is 0.295 e. The van der Waals surface area contributed by atoms with Gasteiger partial charge in [-0.2, -0.15) is 0 Å². The van der Waals surface area contributed by atoms with Crippen molar-refractivity contribution in [3.05, 3.63) is 101 Å². The molecule has 3 aromatic rings. The molecule has 0 saturated carbocycles. The van der Waals surface area contributed by atoms with Gasteiger partial charge in [-0.05, 0) is 54.1 Å². The fourth-order valence-electron chi connectivity index (χ4n) is 3.78. The molecule has 1 atom stereocenters. The Balaban J connectivity index is 1.79. The van der Waals surface area contributed by atoms with E-state index in [4.69, 9.17) is 21.1 Å². The van der Waals surface area contributed by atoms with Crippen molar-refractivity contribution in [2.24, 2.45) is 0 Å². The number of ketones is 1. The highest BCUT2D eigenvalue weighted by atomic mass is 35.5. The highest BCUT2D eigenvalue weighted by Gasteiger charge is 2.46. The van der Waals surface area contributed by atoms with Crippen LogP contribution < -0.4 is 4.74 Å². The third-order valence-corrected chi connectivity index (χ3v) is 5.60. The molecule has 3 aromatic carbocycles. The van der Waals surface area contributed by atoms with Gasteiger partial charge in [0.1, 0.15) is 17.3 Å². The number of halogens is 1. The van der Waals surface area contributed by atoms with Gasteiger partial charge >= 0.3 is 0 Å². The number of amides is 1. The molecule has 0 spiro atoms. The Morgan fingerprint density at radius 2 is 1.67 bits per heavy atom. The number of benzene rings is 3. The molecule has 1 saturated heterocycles. The fraction of sp³-hybridized carbons (Fsp3) is 0.154. The van der Waals surface area contributed by atoms with Gasteiger partial charge in [0.05, 0.1) is 18.2 Å². The number of Topliss-reactive ketones (excluding diaryl/α,β-unsaturated/α-hetero) is 1. The number of nitrogens with zero attached hydrogens (tertiary/aromatic N) is 1. The first-order chi connectivity index (χ1) is 16.0. The van der Waals surface area contributed by atoms with Gasteiger partial charge in [-0.25, -0.2) is 0 Å². The minimum absolute atomic E-state index is 0.00952. The summed E-state index contributed by atoms with van der Waals surface area (Å²) in [7, 11) is 1.52. The highest BCUT2D eigenvalue weighted by molar-refractivity contribution is 6.46. The van der Waals surface area contributed by atoms with Crippen LogP contribution >= 0.6 is 11.6 Å². The second-order valence-electron chi connectivity index (χ2n) is 7.48. The maximum absolute atomic E-state index is 13.0. The van der Waals surface area contributed by atoms with E-state index in [2.05, 4.69) is 0 Å². The number of para-hydroxylation sites is 1. The van der Waals surface area contributed by atoms with Crippen LogP contribution in [0.5, 0.6) is 11.5 Å². The van der Waals surface area contributed by atoms with Crippen molar-refractivity contribution in [1.82, 2.24) is 4.90 Å². The summed E-state index contributed by atoms with van der Waals surface area (Å²) in [6.07, 6.45) is 0. The van der Waals surface area contributed by atoms with Crippen LogP contribution in [0.25, 0.3) is 5.76 Å². The molecule has 1 N–H and O–H groups in total. The average molecular weight is 464 g/mol. The molecule has 1 amide bonds. The SMILES string of the molecule is COCCN1C(=O)C(=O)/C(=C(/O)c2ccc(Cl)cc2)[C@@H]1c1cccc(Oc2ccccc2)c1. The molecular weight excluding hydrogens is 442 g/mol. The number of hydrogen-bond acceptors (Lipinski definition) is 5. The summed E-state index contributed by atoms with van der Waals surface area (Å²) < 4.78 is 11.1. The van der Waals surface area contributed by atoms with Gasteiger partial charge in [0.2, 0.25) is 0 Å². The fourth-order valence-corrected chi connectivity index (χ4v) is 3.91. The normalized spacial score (nSPS) is 17.4. The largest absolute Gasteiger partial charge is 0.507 e. The maximum atomic E-state index is 13.0. The van der Waals surface area contributed by atoms with Crippen LogP contribution in [0.1, 0.15) is 17.2 Å². The summed E-state index contributed by atoms with van der Waals surface area (Å²) >= 11 is 5.96. The van der Waals surface area contributed by atoms with Crippen LogP contribution in [-0.4, -0.2) is 42.0 Å². The van der Waals surface area contributed by atoms with Gasteiger partial charge in [-0.3, -0.25) is 9.59 Å². The third kappa shape index (κ3) is 4.77. The molecule has 0 aliphatic carbocycles. The van der Waals surface area contributed by atoms with Gasteiger partial charge in [0, 0.05) is 24.2 Å². The van der Waals surface area contributed by atoms with E-state index in [0.717, 1.165) is 0 Å². The number of aliphatic hydroxyl groups excluding tert-OH is 1. The van der Waals surface area contributed by atoms with Crippen LogP contribution in [-0.2, 0) is 14.3 Å². The summed E-state index contributed by atoms with van der Waals surface area (Å²) in [6, 6.07) is 22.1. The number of carbonyl (C=O) groups is 2. The van der Waals surface area contributed by atoms with Crippen molar-refractivity contribution in [3.8, 4) is 11.5 Å². The number of ether oxygens (including phenoxy) is 2. The molecule has 0 unspecified atom stereocenters. The highest BCUT2D eigenvalue weighted by Crippen LogP contribution is 2.40. The Morgan fingerprint density at radius 3 is 2.36 bits per heavy atom. The molecule has 1 heterocycles. The molecule has 1 fully saturated rings. The predicted octanol–water partition coefficient (Wildman–Crippen LogP) is 5.20. The predicted molar refractivity (Wildman–Crippen MR) is 125 cm³/mol. The third-order valence-electron chi connectivity index (χ3n) is 5.35. The zero-order valence-electron chi connectivity index (χ0n) is 17.9. The summed E-state index contributed by atoms with van der Waals surface area (Å²) in [5.41, 5.74) is 1.04. The minimum Gasteiger partial charge on any atom is -0.507 e. The van der Waals surface area contributed by atoms with E-state index in [9.17, 15) is 14.7 Å². The molecule has 168 valence electrons. The van der Waals surface area contributed by atoms with Gasteiger partial charge < -0.3 is 19.5 Å². The topological polar surface area (TPSA) is 76.1 Å². The van der Waals surface area contributed by atoms with Crippen LogP contribution in [0.15, 0.2) is 84.4 Å². The van der Waals surface area contributed by atoms with Crippen molar-refractivity contribution in [1.29, 1.82) is 0 Å². The number of carbonyl (C=O) groups excluding carboxylic acids is 2. The summed E-state index contributed by atoms with van der Waals surface area (Å²) in [6.45, 7) is 0.428. The first-order valence-corrected chi connectivity index (χ1v) is 10.7. The quantitative estimate of drug-likeness (QED) is 0.296. The molecule has 0 bridgehead atoms. The maximum Gasteiger partial charge on any atom is 0.295 e. The van der Waals surface area contributed by atoms with E-state index >= 15 is 0 Å². The first kappa shape index (κ1) is 22.6. The Morgan fingerprint density at radius 1 is 0.970 bits per heavy atom. The Kier molecular flexibility index (Phi) is 6.77. The van der Waals surface area contributed by atoms with E-state index < -0.39 is 17.7 Å². The summed E-state index contributed by atoms with van der Waals surface area (Å²) in [4.78, 5) is 27.3. The van der Waals surface area contributed by atoms with E-state index in [1.54, 1.807) is 48.5 Å². The van der Waals surface area contributed by atoms with Crippen molar-refractivity contribution in [2.75, 3.05) is 20.3 Å². The first-order valence-electron chi connectivity index (χ1n) is 10.4. The zero-order chi connectivity index (χ0) is 23.4. The van der Waals surface area contributed by atoms with Gasteiger partial charge in [0.15, 0.2) is 0 Å². The molecular formula is C26H22ClNO5. The zero-order valence-corrected chi connectivity index (χ0v) is 18.7. The average Bonchev–Trinajstić information content (AvgIpc) is 3.08. The van der Waals surface area contributed by atoms with Crippen molar-refractivity contribution in [2.45, 2.75) is 6.04 Å². The lowest BCUT2D eigenvalue weighted by molar-refractivity contribution is -0.140. The lowest BCUT2D eigenvalue weighted by atomic mass is 9.95. The minimum atomic E-state index is -0.796. The van der Waals surface area contributed by atoms with Crippen LogP contribution in [0.3, 0.4) is 0 Å². The summed E-state index contributed by atoms with van der Waals surface area (Å²) in [5.74, 6) is -0.504. The van der Waals surface area contributed by atoms with Gasteiger partial charge in [-0.1, -0.05) is 41.9 Å². The molecule has 6 nitrogen and oxygen atoms in total. The number of rotatable bonds is 7. The molecule has 0 radical (unpaired) electrons. The Hall–Kier alpha value is -3.61. The monoisotopic (exact) mass is 463 g/mol. The number of methoxy groups -OCH3 is 1. The number of aliphatic hydroxyl groups is 1. The van der Waals surface area contributed by atoms with Crippen LogP contribution in [0, 0.1) is 0 Å². The second-order valence-corrected chi connectivity index (χ2v) is 7.92. The molecule has 4 rings (SSSR count).